The van der Waals surface area contributed by atoms with Crippen LogP contribution in [0.5, 0.6) is 0 Å². The van der Waals surface area contributed by atoms with E-state index in [2.05, 4.69) is 33.1 Å². The number of amides is 2. The molecule has 1 saturated heterocycles. The third-order valence-corrected chi connectivity index (χ3v) is 4.22. The summed E-state index contributed by atoms with van der Waals surface area (Å²) in [4.78, 5) is 27.1. The topological polar surface area (TPSA) is 72.9 Å². The lowest BCUT2D eigenvalue weighted by atomic mass is 10.2. The molecule has 1 aliphatic rings. The number of carboxylic acids is 1. The zero-order chi connectivity index (χ0) is 15.4. The number of nitrogens with one attached hydrogen (secondary N) is 1. The highest BCUT2D eigenvalue weighted by Crippen LogP contribution is 2.24. The van der Waals surface area contributed by atoms with Crippen molar-refractivity contribution in [3.8, 4) is 0 Å². The van der Waals surface area contributed by atoms with Crippen molar-refractivity contribution in [2.45, 2.75) is 6.92 Å². The van der Waals surface area contributed by atoms with Crippen molar-refractivity contribution < 1.29 is 14.7 Å². The first-order valence-electron chi connectivity index (χ1n) is 6.82. The Kier molecular flexibility index (Phi) is 5.19. The van der Waals surface area contributed by atoms with Crippen LogP contribution in [0.25, 0.3) is 0 Å². The number of nitrogens with zero attached hydrogens (tertiary/aromatic N) is 2. The fourth-order valence-electron chi connectivity index (χ4n) is 2.21. The van der Waals surface area contributed by atoms with E-state index < -0.39 is 5.97 Å². The number of anilines is 1. The fraction of sp³-hybridized carbons (Fsp3) is 0.429. The first-order valence-corrected chi connectivity index (χ1v) is 7.61. The number of urea groups is 1. The van der Waals surface area contributed by atoms with Crippen LogP contribution >= 0.6 is 15.9 Å². The van der Waals surface area contributed by atoms with E-state index in [1.54, 1.807) is 11.0 Å². The molecule has 7 heteroatoms. The number of hydrogen-bond donors (Lipinski definition) is 2. The number of carbonyl (C=O) groups excluding carboxylic acids is 1. The van der Waals surface area contributed by atoms with Crippen LogP contribution in [-0.4, -0.2) is 59.6 Å². The first kappa shape index (κ1) is 15.8. The standard InChI is InChI=1S/C14H18BrN3O3/c1-2-17-5-7-18(8-6-17)14(21)16-12-4-3-10(13(19)20)9-11(12)15/h3-4,9H,2,5-8H2,1H3,(H,16,21)(H,19,20). The maximum absolute atomic E-state index is 12.2. The Morgan fingerprint density at radius 2 is 1.95 bits per heavy atom. The molecule has 2 amide bonds. The second-order valence-electron chi connectivity index (χ2n) is 4.85. The van der Waals surface area contributed by atoms with Gasteiger partial charge in [0.05, 0.1) is 11.3 Å². The van der Waals surface area contributed by atoms with Crippen LogP contribution in [0.3, 0.4) is 0 Å². The Bertz CT molecular complexity index is 542. The number of carboxylic acid groups (broad SMARTS) is 1. The Balaban J connectivity index is 1.98. The second kappa shape index (κ2) is 6.91. The molecule has 0 aromatic heterocycles. The lowest BCUT2D eigenvalue weighted by Crippen LogP contribution is -2.49. The monoisotopic (exact) mass is 355 g/mol. The molecule has 1 heterocycles. The van der Waals surface area contributed by atoms with Crippen LogP contribution in [0.4, 0.5) is 10.5 Å². The third kappa shape index (κ3) is 3.95. The molecule has 0 unspecified atom stereocenters. The predicted molar refractivity (Wildman–Crippen MR) is 83.8 cm³/mol. The molecule has 2 rings (SSSR count). The lowest BCUT2D eigenvalue weighted by Gasteiger charge is -2.34. The molecule has 0 saturated carbocycles. The molecule has 1 aromatic carbocycles. The maximum Gasteiger partial charge on any atom is 0.335 e. The van der Waals surface area contributed by atoms with Crippen molar-refractivity contribution >= 4 is 33.6 Å². The van der Waals surface area contributed by atoms with Crippen molar-refractivity contribution in [1.82, 2.24) is 9.80 Å². The van der Waals surface area contributed by atoms with Gasteiger partial charge in [-0.25, -0.2) is 9.59 Å². The van der Waals surface area contributed by atoms with Gasteiger partial charge in [0.25, 0.3) is 0 Å². The number of halogens is 1. The van der Waals surface area contributed by atoms with Crippen LogP contribution in [0, 0.1) is 0 Å². The molecule has 114 valence electrons. The summed E-state index contributed by atoms with van der Waals surface area (Å²) in [5.41, 5.74) is 0.749. The first-order chi connectivity index (χ1) is 10.0. The molecule has 6 nitrogen and oxygen atoms in total. The highest BCUT2D eigenvalue weighted by molar-refractivity contribution is 9.10. The summed E-state index contributed by atoms with van der Waals surface area (Å²) in [7, 11) is 0. The second-order valence-corrected chi connectivity index (χ2v) is 5.71. The number of piperazine rings is 1. The number of hydrogen-bond acceptors (Lipinski definition) is 3. The lowest BCUT2D eigenvalue weighted by molar-refractivity contribution is 0.0697. The minimum atomic E-state index is -0.996. The highest BCUT2D eigenvalue weighted by Gasteiger charge is 2.20. The van der Waals surface area contributed by atoms with E-state index in [0.29, 0.717) is 23.2 Å². The van der Waals surface area contributed by atoms with Crippen molar-refractivity contribution in [3.05, 3.63) is 28.2 Å². The molecule has 0 atom stereocenters. The van der Waals surface area contributed by atoms with E-state index in [4.69, 9.17) is 5.11 Å². The van der Waals surface area contributed by atoms with Crippen LogP contribution < -0.4 is 5.32 Å². The molecule has 0 spiro atoms. The van der Waals surface area contributed by atoms with Crippen molar-refractivity contribution in [2.24, 2.45) is 0 Å². The summed E-state index contributed by atoms with van der Waals surface area (Å²) < 4.78 is 0.558. The third-order valence-electron chi connectivity index (χ3n) is 3.56. The van der Waals surface area contributed by atoms with Gasteiger partial charge in [-0.1, -0.05) is 6.92 Å². The molecule has 0 aliphatic carbocycles. The van der Waals surface area contributed by atoms with Gasteiger partial charge in [0, 0.05) is 30.7 Å². The Morgan fingerprint density at radius 1 is 1.29 bits per heavy atom. The summed E-state index contributed by atoms with van der Waals surface area (Å²) in [6.07, 6.45) is 0. The van der Waals surface area contributed by atoms with E-state index in [0.717, 1.165) is 19.6 Å². The molecule has 2 N–H and O–H groups in total. The smallest absolute Gasteiger partial charge is 0.335 e. The van der Waals surface area contributed by atoms with Crippen LogP contribution in [-0.2, 0) is 0 Å². The number of carbonyl (C=O) groups is 2. The zero-order valence-electron chi connectivity index (χ0n) is 11.8. The van der Waals surface area contributed by atoms with Gasteiger partial charge in [-0.3, -0.25) is 0 Å². The van der Waals surface area contributed by atoms with E-state index in [9.17, 15) is 9.59 Å². The molecule has 1 aromatic rings. The van der Waals surface area contributed by atoms with E-state index >= 15 is 0 Å². The van der Waals surface area contributed by atoms with Gasteiger partial charge in [0.15, 0.2) is 0 Å². The van der Waals surface area contributed by atoms with Crippen LogP contribution in [0.1, 0.15) is 17.3 Å². The summed E-state index contributed by atoms with van der Waals surface area (Å²) in [6.45, 7) is 6.26. The van der Waals surface area contributed by atoms with Gasteiger partial charge in [-0.2, -0.15) is 0 Å². The summed E-state index contributed by atoms with van der Waals surface area (Å²) in [5, 5.41) is 11.7. The Hall–Kier alpha value is -1.60. The average molecular weight is 356 g/mol. The van der Waals surface area contributed by atoms with E-state index in [1.165, 1.54) is 12.1 Å². The molecular formula is C14H18BrN3O3. The maximum atomic E-state index is 12.2. The number of likely N-dealkylation sites (N-methyl/N-ethyl adjacent to an activating group) is 1. The summed E-state index contributed by atoms with van der Waals surface area (Å²) >= 11 is 3.28. The Morgan fingerprint density at radius 3 is 2.48 bits per heavy atom. The van der Waals surface area contributed by atoms with Crippen molar-refractivity contribution in [1.29, 1.82) is 0 Å². The Labute approximate surface area is 131 Å². The average Bonchev–Trinajstić information content (AvgIpc) is 2.49. The minimum Gasteiger partial charge on any atom is -0.478 e. The minimum absolute atomic E-state index is 0.158. The van der Waals surface area contributed by atoms with Crippen LogP contribution in [0.15, 0.2) is 22.7 Å². The van der Waals surface area contributed by atoms with Gasteiger partial charge in [0.1, 0.15) is 0 Å². The highest BCUT2D eigenvalue weighted by atomic mass is 79.9. The zero-order valence-corrected chi connectivity index (χ0v) is 13.4. The quantitative estimate of drug-likeness (QED) is 0.872. The number of rotatable bonds is 3. The normalized spacial score (nSPS) is 15.8. The molecule has 21 heavy (non-hydrogen) atoms. The number of aromatic carboxylic acids is 1. The largest absolute Gasteiger partial charge is 0.478 e. The molecular weight excluding hydrogens is 338 g/mol. The molecule has 1 fully saturated rings. The van der Waals surface area contributed by atoms with Gasteiger partial charge in [-0.15, -0.1) is 0 Å². The van der Waals surface area contributed by atoms with Crippen LogP contribution in [0.2, 0.25) is 0 Å². The SMILES string of the molecule is CCN1CCN(C(=O)Nc2ccc(C(=O)O)cc2Br)CC1. The fourth-order valence-corrected chi connectivity index (χ4v) is 2.69. The van der Waals surface area contributed by atoms with Gasteiger partial charge < -0.3 is 20.2 Å². The summed E-state index contributed by atoms with van der Waals surface area (Å²) in [5.74, 6) is -0.996. The van der Waals surface area contributed by atoms with Gasteiger partial charge in [-0.05, 0) is 40.7 Å². The number of benzene rings is 1. The summed E-state index contributed by atoms with van der Waals surface area (Å²) in [6, 6.07) is 4.38. The van der Waals surface area contributed by atoms with Crippen molar-refractivity contribution in [2.75, 3.05) is 38.0 Å². The molecule has 0 radical (unpaired) electrons. The van der Waals surface area contributed by atoms with Gasteiger partial charge in [0.2, 0.25) is 0 Å². The molecule has 0 bridgehead atoms. The van der Waals surface area contributed by atoms with E-state index in [1.807, 2.05) is 0 Å². The molecule has 1 aliphatic heterocycles. The van der Waals surface area contributed by atoms with Gasteiger partial charge >= 0.3 is 12.0 Å². The van der Waals surface area contributed by atoms with E-state index in [-0.39, 0.29) is 11.6 Å². The predicted octanol–water partition coefficient (Wildman–Crippen LogP) is 2.32. The van der Waals surface area contributed by atoms with Crippen molar-refractivity contribution in [3.63, 3.8) is 0 Å².